The lowest BCUT2D eigenvalue weighted by Crippen LogP contribution is -2.11. The van der Waals surface area contributed by atoms with Crippen LogP contribution in [0.4, 0.5) is 13.2 Å². The maximum Gasteiger partial charge on any atom is 0.417 e. The fraction of sp³-hybridized carbons (Fsp3) is 0.111. The number of nitrogens with zero attached hydrogens (tertiary/aromatic N) is 1. The molecular weight excluding hydrogens is 336 g/mol. The average molecular weight is 340 g/mol. The van der Waals surface area contributed by atoms with Gasteiger partial charge in [0.25, 0.3) is 5.56 Å². The molecule has 0 bridgehead atoms. The van der Waals surface area contributed by atoms with Crippen molar-refractivity contribution in [2.24, 2.45) is 0 Å². The molecule has 1 N–H and O–H groups in total. The van der Waals surface area contributed by atoms with Gasteiger partial charge in [0.1, 0.15) is 0 Å². The maximum atomic E-state index is 12.6. The third kappa shape index (κ3) is 1.91. The molecule has 0 saturated carbocycles. The van der Waals surface area contributed by atoms with Crippen LogP contribution < -0.4 is 5.56 Å². The summed E-state index contributed by atoms with van der Waals surface area (Å²) in [6.45, 7) is 0. The van der Waals surface area contributed by atoms with E-state index in [2.05, 4.69) is 9.97 Å². The first kappa shape index (κ1) is 11.4. The van der Waals surface area contributed by atoms with Gasteiger partial charge >= 0.3 is 6.18 Å². The summed E-state index contributed by atoms with van der Waals surface area (Å²) >= 11 is 1.55. The summed E-state index contributed by atoms with van der Waals surface area (Å²) in [5, 5.41) is 0.153. The molecule has 0 saturated heterocycles. The smallest absolute Gasteiger partial charge is 0.313 e. The molecule has 0 aliphatic carbocycles. The number of fused-ring (bicyclic) bond motifs is 1. The van der Waals surface area contributed by atoms with E-state index in [9.17, 15) is 18.0 Å². The zero-order chi connectivity index (χ0) is 11.9. The highest BCUT2D eigenvalue weighted by atomic mass is 127. The predicted molar refractivity (Wildman–Crippen MR) is 60.1 cm³/mol. The van der Waals surface area contributed by atoms with Crippen LogP contribution >= 0.6 is 22.6 Å². The molecular formula is C9H4F3IN2O. The summed E-state index contributed by atoms with van der Waals surface area (Å²) in [6, 6.07) is 2.07. The summed E-state index contributed by atoms with van der Waals surface area (Å²) in [6.07, 6.45) is -3.35. The van der Waals surface area contributed by atoms with Crippen molar-refractivity contribution in [2.75, 3.05) is 0 Å². The SMILES string of the molecule is O=c1[nH]cnc2cc(C(F)(F)F)c(I)cc12. The van der Waals surface area contributed by atoms with E-state index in [1.165, 1.54) is 6.07 Å². The molecule has 0 fully saturated rings. The van der Waals surface area contributed by atoms with Crippen LogP contribution in [0, 0.1) is 3.57 Å². The molecule has 16 heavy (non-hydrogen) atoms. The molecule has 0 atom stereocenters. The van der Waals surface area contributed by atoms with E-state index in [1.807, 2.05) is 0 Å². The first-order valence-corrected chi connectivity index (χ1v) is 5.21. The van der Waals surface area contributed by atoms with Crippen LogP contribution in [0.15, 0.2) is 23.3 Å². The van der Waals surface area contributed by atoms with Gasteiger partial charge < -0.3 is 4.98 Å². The lowest BCUT2D eigenvalue weighted by Gasteiger charge is -2.09. The first-order valence-electron chi connectivity index (χ1n) is 4.14. The number of alkyl halides is 3. The molecule has 0 spiro atoms. The molecule has 7 heteroatoms. The van der Waals surface area contributed by atoms with Gasteiger partial charge in [-0.1, -0.05) is 0 Å². The molecule has 1 aromatic carbocycles. The Morgan fingerprint density at radius 3 is 2.62 bits per heavy atom. The normalized spacial score (nSPS) is 12.0. The van der Waals surface area contributed by atoms with Gasteiger partial charge in [0.15, 0.2) is 0 Å². The maximum absolute atomic E-state index is 12.6. The van der Waals surface area contributed by atoms with Gasteiger partial charge in [0, 0.05) is 3.57 Å². The highest BCUT2D eigenvalue weighted by molar-refractivity contribution is 14.1. The molecule has 0 unspecified atom stereocenters. The molecule has 1 heterocycles. The quantitative estimate of drug-likeness (QED) is 0.750. The first-order chi connectivity index (χ1) is 7.39. The molecule has 0 aliphatic heterocycles. The Morgan fingerprint density at radius 1 is 1.31 bits per heavy atom. The van der Waals surface area contributed by atoms with Crippen molar-refractivity contribution in [3.63, 3.8) is 0 Å². The Kier molecular flexibility index (Phi) is 2.64. The number of rotatable bonds is 0. The van der Waals surface area contributed by atoms with Crippen LogP contribution in [-0.4, -0.2) is 9.97 Å². The van der Waals surface area contributed by atoms with Gasteiger partial charge in [-0.05, 0) is 34.7 Å². The van der Waals surface area contributed by atoms with Crippen LogP contribution in [0.3, 0.4) is 0 Å². The Balaban J connectivity index is 2.83. The third-order valence-corrected chi connectivity index (χ3v) is 2.93. The van der Waals surface area contributed by atoms with Crippen molar-refractivity contribution in [1.29, 1.82) is 0 Å². The molecule has 0 amide bonds. The summed E-state index contributed by atoms with van der Waals surface area (Å²) < 4.78 is 37.7. The van der Waals surface area contributed by atoms with Gasteiger partial charge in [0.05, 0.1) is 22.8 Å². The van der Waals surface area contributed by atoms with E-state index >= 15 is 0 Å². The highest BCUT2D eigenvalue weighted by Gasteiger charge is 2.33. The molecule has 84 valence electrons. The Labute approximate surface area is 101 Å². The van der Waals surface area contributed by atoms with Gasteiger partial charge in [-0.2, -0.15) is 13.2 Å². The Bertz CT molecular complexity index is 606. The molecule has 1 aromatic heterocycles. The van der Waals surface area contributed by atoms with Crippen LogP contribution in [0.25, 0.3) is 10.9 Å². The van der Waals surface area contributed by atoms with Gasteiger partial charge in [-0.25, -0.2) is 4.98 Å². The number of halogens is 4. The second-order valence-corrected chi connectivity index (χ2v) is 4.24. The van der Waals surface area contributed by atoms with Crippen LogP contribution in [0.2, 0.25) is 0 Å². The van der Waals surface area contributed by atoms with Gasteiger partial charge in [-0.3, -0.25) is 4.79 Å². The van der Waals surface area contributed by atoms with Gasteiger partial charge in [0.2, 0.25) is 0 Å². The van der Waals surface area contributed by atoms with E-state index in [0.29, 0.717) is 0 Å². The molecule has 3 nitrogen and oxygen atoms in total. The summed E-state index contributed by atoms with van der Waals surface area (Å²) in [5.74, 6) is 0. The van der Waals surface area contributed by atoms with Crippen molar-refractivity contribution in [1.82, 2.24) is 9.97 Å². The topological polar surface area (TPSA) is 45.8 Å². The second kappa shape index (κ2) is 3.72. The number of aromatic nitrogens is 2. The predicted octanol–water partition coefficient (Wildman–Crippen LogP) is 2.55. The second-order valence-electron chi connectivity index (χ2n) is 3.08. The van der Waals surface area contributed by atoms with Crippen LogP contribution in [-0.2, 0) is 6.18 Å². The molecule has 2 rings (SSSR count). The molecule has 0 aliphatic rings. The van der Waals surface area contributed by atoms with Gasteiger partial charge in [-0.15, -0.1) is 0 Å². The molecule has 2 aromatic rings. The fourth-order valence-corrected chi connectivity index (χ4v) is 2.08. The van der Waals surface area contributed by atoms with Crippen LogP contribution in [0.5, 0.6) is 0 Å². The lowest BCUT2D eigenvalue weighted by atomic mass is 10.1. The van der Waals surface area contributed by atoms with Crippen molar-refractivity contribution < 1.29 is 13.2 Å². The van der Waals surface area contributed by atoms with E-state index in [-0.39, 0.29) is 14.5 Å². The van der Waals surface area contributed by atoms with Crippen molar-refractivity contribution in [3.8, 4) is 0 Å². The zero-order valence-electron chi connectivity index (χ0n) is 7.60. The Hall–Kier alpha value is -1.12. The minimum atomic E-state index is -4.44. The summed E-state index contributed by atoms with van der Waals surface area (Å²) in [7, 11) is 0. The summed E-state index contributed by atoms with van der Waals surface area (Å²) in [4.78, 5) is 17.3. The third-order valence-electron chi connectivity index (χ3n) is 2.03. The van der Waals surface area contributed by atoms with E-state index in [4.69, 9.17) is 0 Å². The molecule has 0 radical (unpaired) electrons. The number of benzene rings is 1. The minimum absolute atomic E-state index is 0.0175. The fourth-order valence-electron chi connectivity index (χ4n) is 1.31. The average Bonchev–Trinajstić information content (AvgIpc) is 2.17. The van der Waals surface area contributed by atoms with Crippen molar-refractivity contribution >= 4 is 33.5 Å². The number of hydrogen-bond donors (Lipinski definition) is 1. The van der Waals surface area contributed by atoms with Crippen LogP contribution in [0.1, 0.15) is 5.56 Å². The number of hydrogen-bond acceptors (Lipinski definition) is 2. The van der Waals surface area contributed by atoms with E-state index in [0.717, 1.165) is 12.4 Å². The number of H-pyrrole nitrogens is 1. The lowest BCUT2D eigenvalue weighted by molar-refractivity contribution is -0.138. The Morgan fingerprint density at radius 2 is 2.00 bits per heavy atom. The minimum Gasteiger partial charge on any atom is -0.313 e. The highest BCUT2D eigenvalue weighted by Crippen LogP contribution is 2.34. The standard InChI is InChI=1S/C9H4F3IN2O/c10-9(11,12)5-2-7-4(1-6(5)13)8(16)15-3-14-7/h1-3H,(H,14,15,16). The zero-order valence-corrected chi connectivity index (χ0v) is 9.76. The van der Waals surface area contributed by atoms with Crippen molar-refractivity contribution in [3.05, 3.63) is 37.9 Å². The van der Waals surface area contributed by atoms with Crippen molar-refractivity contribution in [2.45, 2.75) is 6.18 Å². The summed E-state index contributed by atoms with van der Waals surface area (Å²) in [5.41, 5.74) is -1.19. The number of nitrogens with one attached hydrogen (secondary N) is 1. The van der Waals surface area contributed by atoms with E-state index < -0.39 is 17.3 Å². The number of aromatic amines is 1. The monoisotopic (exact) mass is 340 g/mol. The van der Waals surface area contributed by atoms with E-state index in [1.54, 1.807) is 22.6 Å². The largest absolute Gasteiger partial charge is 0.417 e.